The summed E-state index contributed by atoms with van der Waals surface area (Å²) in [5.74, 6) is -0.568. The van der Waals surface area contributed by atoms with Gasteiger partial charge in [-0.25, -0.2) is 0 Å². The number of nitrogens with one attached hydrogen (secondary N) is 1. The molecule has 0 aromatic rings. The molecule has 0 aliphatic rings. The summed E-state index contributed by atoms with van der Waals surface area (Å²) < 4.78 is 30.4. The van der Waals surface area contributed by atoms with Gasteiger partial charge >= 0.3 is 5.97 Å². The number of amides is 1. The average molecular weight is 1200 g/mol. The number of carbonyl (C=O) groups is 2. The highest BCUT2D eigenvalue weighted by Gasteiger charge is 2.27. The third-order valence-corrected chi connectivity index (χ3v) is 16.9. The lowest BCUT2D eigenvalue weighted by atomic mass is 10.0. The van der Waals surface area contributed by atoms with Crippen molar-refractivity contribution in [2.75, 3.05) is 40.9 Å². The smallest absolute Gasteiger partial charge is 0.306 e. The predicted octanol–water partition coefficient (Wildman–Crippen LogP) is 22.1. The van der Waals surface area contributed by atoms with E-state index in [2.05, 4.69) is 86.8 Å². The van der Waals surface area contributed by atoms with Gasteiger partial charge in [-0.05, 0) is 76.7 Å². The molecule has 490 valence electrons. The number of rotatable bonds is 65. The number of hydrogen-bond acceptors (Lipinski definition) is 7. The number of esters is 1. The molecule has 0 bridgehead atoms. The van der Waals surface area contributed by atoms with Crippen LogP contribution in [0.3, 0.4) is 0 Å². The quantitative estimate of drug-likeness (QED) is 0.0212. The molecule has 10 heteroatoms. The fourth-order valence-electron chi connectivity index (χ4n) is 10.4. The van der Waals surface area contributed by atoms with E-state index in [0.29, 0.717) is 23.9 Å². The van der Waals surface area contributed by atoms with Crippen molar-refractivity contribution in [3.05, 3.63) is 72.9 Å². The Kier molecular flexibility index (Phi) is 61.5. The molecule has 0 aliphatic carbocycles. The van der Waals surface area contributed by atoms with E-state index >= 15 is 0 Å². The first-order valence-electron chi connectivity index (χ1n) is 35.7. The number of hydrogen-bond donors (Lipinski definition) is 1. The zero-order valence-corrected chi connectivity index (χ0v) is 57.0. The number of carbonyl (C=O) groups excluding carboxylic acids is 2. The topological polar surface area (TPSA) is 114 Å². The minimum absolute atomic E-state index is 0.0286. The summed E-state index contributed by atoms with van der Waals surface area (Å²) in [6.07, 6.45) is 83.3. The van der Waals surface area contributed by atoms with E-state index in [1.165, 1.54) is 205 Å². The fraction of sp³-hybridized carbons (Fsp3) is 0.811. The van der Waals surface area contributed by atoms with Gasteiger partial charge in [-0.1, -0.05) is 319 Å². The number of unbranched alkanes of at least 4 members (excludes halogenated alkanes) is 39. The molecule has 0 spiro atoms. The predicted molar refractivity (Wildman–Crippen MR) is 362 cm³/mol. The Bertz CT molecular complexity index is 1670. The molecule has 3 unspecified atom stereocenters. The molecular weight excluding hydrogens is 1060 g/mol. The van der Waals surface area contributed by atoms with E-state index in [1.807, 2.05) is 33.3 Å². The second-order valence-electron chi connectivity index (χ2n) is 25.4. The van der Waals surface area contributed by atoms with Gasteiger partial charge in [0.2, 0.25) is 5.91 Å². The molecule has 0 saturated carbocycles. The molecule has 0 aliphatic heterocycles. The Labute approximate surface area is 521 Å². The highest BCUT2D eigenvalue weighted by molar-refractivity contribution is 7.45. The molecule has 1 amide bonds. The van der Waals surface area contributed by atoms with Gasteiger partial charge in [0, 0.05) is 12.8 Å². The maximum Gasteiger partial charge on any atom is 0.306 e. The molecule has 0 radical (unpaired) electrons. The standard InChI is InChI=1S/C74H137N2O7P/c1-7-10-13-16-19-22-25-28-30-32-34-35-36-37-38-39-40-41-43-44-46-48-51-54-57-60-63-66-73(77)75-71(70-82-84(79,80)81-69-68-76(4,5)6)72(65-62-59-56-53-50-27-24-21-18-15-12-9-3)83-74(78)67-64-61-58-55-52-49-47-45-42-33-31-29-26-23-20-17-14-11-8-2/h11,14,20,23,29,31,42,45,49,52,62,65,71-72H,7-10,12-13,15-19,21-22,24-28,30,32-41,43-44,46-48,50-51,53-61,63-64,66-70H2,1-6H3,(H-,75,77,79,80)/b14-11-,23-20-,31-29-,45-42-,52-49-,65-62-. The normalized spacial score (nSPS) is 13.9. The van der Waals surface area contributed by atoms with Crippen LogP contribution in [0.4, 0.5) is 0 Å². The van der Waals surface area contributed by atoms with Crippen LogP contribution in [0.25, 0.3) is 0 Å². The van der Waals surface area contributed by atoms with Crippen molar-refractivity contribution in [2.45, 2.75) is 348 Å². The molecule has 0 saturated heterocycles. The van der Waals surface area contributed by atoms with Crippen LogP contribution in [-0.2, 0) is 27.9 Å². The second-order valence-corrected chi connectivity index (χ2v) is 26.8. The summed E-state index contributed by atoms with van der Waals surface area (Å²) >= 11 is 0. The van der Waals surface area contributed by atoms with Crippen LogP contribution in [0.1, 0.15) is 335 Å². The summed E-state index contributed by atoms with van der Waals surface area (Å²) in [6.45, 7) is 6.75. The molecule has 1 N–H and O–H groups in total. The van der Waals surface area contributed by atoms with E-state index in [1.54, 1.807) is 0 Å². The molecule has 0 heterocycles. The van der Waals surface area contributed by atoms with Gasteiger partial charge < -0.3 is 28.5 Å². The molecule has 0 fully saturated rings. The van der Waals surface area contributed by atoms with Crippen LogP contribution in [0, 0.1) is 0 Å². The van der Waals surface area contributed by atoms with Gasteiger partial charge in [0.25, 0.3) is 7.82 Å². The van der Waals surface area contributed by atoms with Gasteiger partial charge in [0.15, 0.2) is 0 Å². The summed E-state index contributed by atoms with van der Waals surface area (Å²) in [6, 6.07) is -0.904. The van der Waals surface area contributed by atoms with E-state index in [9.17, 15) is 19.0 Å². The first-order chi connectivity index (χ1) is 40.9. The molecule has 0 rings (SSSR count). The number of ether oxygens (including phenoxy) is 1. The summed E-state index contributed by atoms with van der Waals surface area (Å²) in [5, 5.41) is 3.04. The highest BCUT2D eigenvalue weighted by Crippen LogP contribution is 2.38. The maximum atomic E-state index is 13.6. The van der Waals surface area contributed by atoms with Crippen molar-refractivity contribution >= 4 is 19.7 Å². The number of allylic oxidation sites excluding steroid dienone is 11. The Morgan fingerprint density at radius 1 is 0.429 bits per heavy atom. The van der Waals surface area contributed by atoms with Crippen molar-refractivity contribution in [2.24, 2.45) is 0 Å². The van der Waals surface area contributed by atoms with Gasteiger partial charge in [-0.15, -0.1) is 0 Å². The number of phosphoric ester groups is 1. The minimum atomic E-state index is -4.71. The lowest BCUT2D eigenvalue weighted by Crippen LogP contribution is -2.47. The van der Waals surface area contributed by atoms with Crippen LogP contribution in [-0.4, -0.2) is 69.4 Å². The Balaban J connectivity index is 5.04. The Morgan fingerprint density at radius 3 is 1.15 bits per heavy atom. The van der Waals surface area contributed by atoms with Crippen molar-refractivity contribution in [3.63, 3.8) is 0 Å². The van der Waals surface area contributed by atoms with Crippen molar-refractivity contribution in [1.82, 2.24) is 5.32 Å². The minimum Gasteiger partial charge on any atom is -0.756 e. The van der Waals surface area contributed by atoms with E-state index in [0.717, 1.165) is 89.9 Å². The average Bonchev–Trinajstić information content (AvgIpc) is 3.65. The molecule has 0 aromatic carbocycles. The summed E-state index contributed by atoms with van der Waals surface area (Å²) in [4.78, 5) is 40.1. The monoisotopic (exact) mass is 1200 g/mol. The number of phosphoric acid groups is 1. The largest absolute Gasteiger partial charge is 0.756 e. The first kappa shape index (κ1) is 81.5. The number of likely N-dealkylation sites (N-methyl/N-ethyl adjacent to an activating group) is 1. The summed E-state index contributed by atoms with van der Waals surface area (Å²) in [7, 11) is 1.17. The lowest BCUT2D eigenvalue weighted by Gasteiger charge is -2.30. The molecule has 84 heavy (non-hydrogen) atoms. The molecule has 3 atom stereocenters. The van der Waals surface area contributed by atoms with Crippen LogP contribution in [0.2, 0.25) is 0 Å². The Hall–Kier alpha value is -2.55. The highest BCUT2D eigenvalue weighted by atomic mass is 31.2. The first-order valence-corrected chi connectivity index (χ1v) is 37.2. The number of nitrogens with zero attached hydrogens (tertiary/aromatic N) is 1. The third-order valence-electron chi connectivity index (χ3n) is 15.9. The van der Waals surface area contributed by atoms with Gasteiger partial charge in [0.1, 0.15) is 19.3 Å². The third kappa shape index (κ3) is 63.9. The summed E-state index contributed by atoms with van der Waals surface area (Å²) in [5.41, 5.74) is 0. The van der Waals surface area contributed by atoms with Crippen LogP contribution in [0.5, 0.6) is 0 Å². The van der Waals surface area contributed by atoms with Gasteiger partial charge in [-0.3, -0.25) is 14.2 Å². The van der Waals surface area contributed by atoms with Gasteiger partial charge in [-0.2, -0.15) is 0 Å². The van der Waals surface area contributed by atoms with Gasteiger partial charge in [0.05, 0.1) is 33.8 Å². The molecule has 9 nitrogen and oxygen atoms in total. The lowest BCUT2D eigenvalue weighted by molar-refractivity contribution is -0.870. The molecular formula is C74H137N2O7P. The molecule has 0 aromatic heterocycles. The fourth-order valence-corrected chi connectivity index (χ4v) is 11.2. The second kappa shape index (κ2) is 63.5. The van der Waals surface area contributed by atoms with Crippen LogP contribution >= 0.6 is 7.82 Å². The van der Waals surface area contributed by atoms with E-state index in [4.69, 9.17) is 13.8 Å². The zero-order valence-electron chi connectivity index (χ0n) is 56.1. The van der Waals surface area contributed by atoms with Crippen molar-refractivity contribution in [1.29, 1.82) is 0 Å². The van der Waals surface area contributed by atoms with Crippen LogP contribution in [0.15, 0.2) is 72.9 Å². The number of quaternary nitrogens is 1. The van der Waals surface area contributed by atoms with E-state index < -0.39 is 26.6 Å². The zero-order chi connectivity index (χ0) is 61.4. The van der Waals surface area contributed by atoms with Crippen LogP contribution < -0.4 is 10.2 Å². The van der Waals surface area contributed by atoms with Crippen molar-refractivity contribution in [3.8, 4) is 0 Å². The SMILES string of the molecule is CC/C=C\C/C=C\C/C=C\C/C=C\C/C=C\CCCCCC(=O)OC(/C=C\CCCCCCCCCCCC)C(COP(=O)([O-])OCC[N+](C)(C)C)NC(=O)CCCCCCCCCCCCCCCCCCCCCCCCCCCCC. The van der Waals surface area contributed by atoms with Crippen molar-refractivity contribution < 1.29 is 37.3 Å². The maximum absolute atomic E-state index is 13.6. The van der Waals surface area contributed by atoms with E-state index in [-0.39, 0.29) is 24.9 Å². The Morgan fingerprint density at radius 2 is 0.762 bits per heavy atom.